The number of urea groups is 1. The van der Waals surface area contributed by atoms with E-state index in [1.807, 2.05) is 24.8 Å². The molecule has 146 valence electrons. The molecular formula is C20H26BrClN4O. The molecule has 2 heterocycles. The van der Waals surface area contributed by atoms with E-state index in [-0.39, 0.29) is 12.1 Å². The number of H-pyrrole nitrogens is 1. The van der Waals surface area contributed by atoms with Gasteiger partial charge in [0.2, 0.25) is 0 Å². The third-order valence-corrected chi connectivity index (χ3v) is 7.11. The van der Waals surface area contributed by atoms with Gasteiger partial charge in [0.25, 0.3) is 0 Å². The summed E-state index contributed by atoms with van der Waals surface area (Å²) in [6.45, 7) is 6.36. The number of benzene rings is 1. The van der Waals surface area contributed by atoms with Crippen LogP contribution in [0.1, 0.15) is 37.3 Å². The van der Waals surface area contributed by atoms with Crippen LogP contribution in [0, 0.1) is 0 Å². The van der Waals surface area contributed by atoms with Gasteiger partial charge < -0.3 is 20.1 Å². The largest absolute Gasteiger partial charge is 0.349 e. The van der Waals surface area contributed by atoms with Gasteiger partial charge in [0.15, 0.2) is 0 Å². The summed E-state index contributed by atoms with van der Waals surface area (Å²) in [6.07, 6.45) is 1.95. The number of nitrogens with one attached hydrogen (secondary N) is 2. The molecule has 0 radical (unpaired) electrons. The maximum atomic E-state index is 12.6. The molecule has 4 rings (SSSR count). The lowest BCUT2D eigenvalue weighted by Crippen LogP contribution is -2.56. The van der Waals surface area contributed by atoms with Crippen LogP contribution >= 0.6 is 27.5 Å². The predicted octanol–water partition coefficient (Wildman–Crippen LogP) is 4.35. The summed E-state index contributed by atoms with van der Waals surface area (Å²) in [5.74, 6) is 0.363. The van der Waals surface area contributed by atoms with Crippen LogP contribution in [0.5, 0.6) is 0 Å². The summed E-state index contributed by atoms with van der Waals surface area (Å²) in [4.78, 5) is 20.2. The first kappa shape index (κ1) is 19.1. The molecule has 2 amide bonds. The van der Waals surface area contributed by atoms with E-state index in [0.717, 1.165) is 47.6 Å². The van der Waals surface area contributed by atoms with Crippen molar-refractivity contribution in [1.82, 2.24) is 20.1 Å². The van der Waals surface area contributed by atoms with Crippen LogP contribution in [0.15, 0.2) is 16.7 Å². The highest BCUT2D eigenvalue weighted by molar-refractivity contribution is 9.10. The molecule has 1 saturated heterocycles. The van der Waals surface area contributed by atoms with Crippen LogP contribution < -0.4 is 5.32 Å². The van der Waals surface area contributed by atoms with Gasteiger partial charge in [-0.2, -0.15) is 0 Å². The van der Waals surface area contributed by atoms with Gasteiger partial charge in [0, 0.05) is 53.6 Å². The van der Waals surface area contributed by atoms with Gasteiger partial charge in [-0.05, 0) is 72.9 Å². The van der Waals surface area contributed by atoms with Crippen LogP contribution in [0.25, 0.3) is 10.9 Å². The standard InChI is InChI=1S/C20H26BrClN4O/c1-4-26(5-2)20(27)23-12-8-13-14-6-11(22)7-16-18(14)15(19(21)24-16)9-17(13)25(3)10-12/h6-7,12-13,17,24H,4-5,8-10H2,1-3H3,(H,23,27)/t12-,13+,17+/m0/s1. The first-order chi connectivity index (χ1) is 12.9. The van der Waals surface area contributed by atoms with Gasteiger partial charge in [0.1, 0.15) is 0 Å². The number of fused-ring (bicyclic) bond motifs is 2. The number of piperidine rings is 1. The molecule has 27 heavy (non-hydrogen) atoms. The second kappa shape index (κ2) is 7.30. The topological polar surface area (TPSA) is 51.4 Å². The Kier molecular flexibility index (Phi) is 5.16. The van der Waals surface area contributed by atoms with E-state index in [1.54, 1.807) is 0 Å². The Labute approximate surface area is 173 Å². The zero-order chi connectivity index (χ0) is 19.3. The first-order valence-corrected chi connectivity index (χ1v) is 10.8. The zero-order valence-corrected chi connectivity index (χ0v) is 18.3. The minimum absolute atomic E-state index is 0.0361. The number of hydrogen-bond acceptors (Lipinski definition) is 2. The normalized spacial score (nSPS) is 24.7. The lowest BCUT2D eigenvalue weighted by molar-refractivity contribution is 0.124. The van der Waals surface area contributed by atoms with E-state index in [4.69, 9.17) is 11.6 Å². The second-order valence-electron chi connectivity index (χ2n) is 7.71. The highest BCUT2D eigenvalue weighted by Gasteiger charge is 2.41. The van der Waals surface area contributed by atoms with E-state index in [2.05, 4.69) is 44.2 Å². The molecule has 0 spiro atoms. The monoisotopic (exact) mass is 452 g/mol. The number of carbonyl (C=O) groups excluding carboxylic acids is 1. The number of amides is 2. The molecule has 0 saturated carbocycles. The van der Waals surface area contributed by atoms with Crippen molar-refractivity contribution < 1.29 is 4.79 Å². The Bertz CT molecular complexity index is 878. The van der Waals surface area contributed by atoms with Crippen LogP contribution in [-0.2, 0) is 6.42 Å². The number of likely N-dealkylation sites (N-methyl/N-ethyl adjacent to an activating group) is 1. The van der Waals surface area contributed by atoms with Crippen molar-refractivity contribution in [3.63, 3.8) is 0 Å². The number of hydrogen-bond donors (Lipinski definition) is 2. The van der Waals surface area contributed by atoms with Crippen molar-refractivity contribution in [3.8, 4) is 0 Å². The molecule has 2 aromatic rings. The Hall–Kier alpha value is -1.24. The Balaban J connectivity index is 1.66. The van der Waals surface area contributed by atoms with E-state index in [1.165, 1.54) is 16.5 Å². The van der Waals surface area contributed by atoms with E-state index in [0.29, 0.717) is 12.0 Å². The summed E-state index contributed by atoms with van der Waals surface area (Å²) in [5, 5.41) is 5.32. The number of nitrogens with zero attached hydrogens (tertiary/aromatic N) is 2. The Morgan fingerprint density at radius 1 is 1.41 bits per heavy atom. The molecule has 1 fully saturated rings. The lowest BCUT2D eigenvalue weighted by atomic mass is 9.74. The first-order valence-electron chi connectivity index (χ1n) is 9.68. The average Bonchev–Trinajstić information content (AvgIpc) is 2.93. The molecule has 3 atom stereocenters. The maximum Gasteiger partial charge on any atom is 0.317 e. The van der Waals surface area contributed by atoms with Crippen LogP contribution in [0.2, 0.25) is 5.02 Å². The third-order valence-electron chi connectivity index (χ3n) is 6.21. The van der Waals surface area contributed by atoms with Crippen molar-refractivity contribution >= 4 is 44.5 Å². The van der Waals surface area contributed by atoms with Crippen molar-refractivity contribution in [2.75, 3.05) is 26.7 Å². The number of rotatable bonds is 3. The minimum Gasteiger partial charge on any atom is -0.349 e. The second-order valence-corrected chi connectivity index (χ2v) is 8.94. The molecule has 1 aromatic heterocycles. The summed E-state index contributed by atoms with van der Waals surface area (Å²) in [7, 11) is 2.17. The fraction of sp³-hybridized carbons (Fsp3) is 0.550. The zero-order valence-electron chi connectivity index (χ0n) is 16.0. The number of carbonyl (C=O) groups is 1. The highest BCUT2D eigenvalue weighted by atomic mass is 79.9. The maximum absolute atomic E-state index is 12.6. The molecule has 0 bridgehead atoms. The quantitative estimate of drug-likeness (QED) is 0.726. The van der Waals surface area contributed by atoms with E-state index >= 15 is 0 Å². The molecule has 1 aliphatic heterocycles. The SMILES string of the molecule is CCN(CC)C(=O)N[C@H]1C[C@@H]2c3cc(Cl)cc4[nH]c(Br)c(c34)C[C@H]2N(C)C1. The molecule has 0 unspecified atom stereocenters. The summed E-state index contributed by atoms with van der Waals surface area (Å²) in [5.41, 5.74) is 3.74. The van der Waals surface area contributed by atoms with Crippen LogP contribution in [0.3, 0.4) is 0 Å². The van der Waals surface area contributed by atoms with Gasteiger partial charge in [0.05, 0.1) is 4.60 Å². The molecule has 2 N–H and O–H groups in total. The molecule has 7 heteroatoms. The molecule has 2 aliphatic rings. The number of aromatic nitrogens is 1. The van der Waals surface area contributed by atoms with Gasteiger partial charge in [-0.3, -0.25) is 0 Å². The molecular weight excluding hydrogens is 428 g/mol. The van der Waals surface area contributed by atoms with Gasteiger partial charge in [-0.25, -0.2) is 4.79 Å². The predicted molar refractivity (Wildman–Crippen MR) is 114 cm³/mol. The van der Waals surface area contributed by atoms with Crippen LogP contribution in [-0.4, -0.2) is 59.6 Å². The smallest absolute Gasteiger partial charge is 0.317 e. The third kappa shape index (κ3) is 3.26. The number of halogens is 2. The number of likely N-dealkylation sites (tertiary alicyclic amines) is 1. The minimum atomic E-state index is 0.0361. The van der Waals surface area contributed by atoms with Crippen molar-refractivity contribution in [2.24, 2.45) is 0 Å². The van der Waals surface area contributed by atoms with Gasteiger partial charge in [-0.1, -0.05) is 11.6 Å². The summed E-state index contributed by atoms with van der Waals surface area (Å²) >= 11 is 10.1. The van der Waals surface area contributed by atoms with Gasteiger partial charge >= 0.3 is 6.03 Å². The summed E-state index contributed by atoms with van der Waals surface area (Å²) in [6, 6.07) is 4.72. The van der Waals surface area contributed by atoms with Crippen molar-refractivity contribution in [1.29, 1.82) is 0 Å². The van der Waals surface area contributed by atoms with Crippen molar-refractivity contribution in [3.05, 3.63) is 32.9 Å². The number of aromatic amines is 1. The van der Waals surface area contributed by atoms with E-state index in [9.17, 15) is 4.79 Å². The Morgan fingerprint density at radius 2 is 2.15 bits per heavy atom. The molecule has 5 nitrogen and oxygen atoms in total. The fourth-order valence-electron chi connectivity index (χ4n) is 4.90. The van der Waals surface area contributed by atoms with Gasteiger partial charge in [-0.15, -0.1) is 0 Å². The molecule has 1 aromatic carbocycles. The lowest BCUT2D eigenvalue weighted by Gasteiger charge is -2.46. The molecule has 1 aliphatic carbocycles. The average molecular weight is 454 g/mol. The van der Waals surface area contributed by atoms with Crippen LogP contribution in [0.4, 0.5) is 4.79 Å². The van der Waals surface area contributed by atoms with E-state index < -0.39 is 0 Å². The Morgan fingerprint density at radius 3 is 2.85 bits per heavy atom. The summed E-state index contributed by atoms with van der Waals surface area (Å²) < 4.78 is 1.06. The highest BCUT2D eigenvalue weighted by Crippen LogP contribution is 2.46. The van der Waals surface area contributed by atoms with Crippen molar-refractivity contribution in [2.45, 2.75) is 44.7 Å². The fourth-order valence-corrected chi connectivity index (χ4v) is 5.70.